The molecule has 5 aromatic rings. The highest BCUT2D eigenvalue weighted by molar-refractivity contribution is 6.25. The molecular formula is C28H27N3O3. The number of nitrogens with one attached hydrogen (secondary N) is 1. The number of fused-ring (bicyclic) bond motifs is 13. The second-order valence-corrected chi connectivity index (χ2v) is 10.4. The van der Waals surface area contributed by atoms with Gasteiger partial charge in [0.15, 0.2) is 5.72 Å². The molecule has 5 atom stereocenters. The fraction of sp³-hybridized carbons (Fsp3) is 0.357. The van der Waals surface area contributed by atoms with E-state index in [4.69, 9.17) is 9.47 Å². The normalized spacial score (nSPS) is 30.1. The van der Waals surface area contributed by atoms with Crippen LogP contribution in [0.15, 0.2) is 48.5 Å². The average Bonchev–Trinajstić information content (AvgIpc) is 3.46. The van der Waals surface area contributed by atoms with E-state index in [2.05, 4.69) is 76.8 Å². The highest BCUT2D eigenvalue weighted by Gasteiger charge is 2.52. The van der Waals surface area contributed by atoms with Gasteiger partial charge in [-0.2, -0.15) is 0 Å². The smallest absolute Gasteiger partial charge is 0.171 e. The SMILES string of the molecule is CO[C@H]1[C@@H](C)C[C@@H]2O[C@@]1(C)n1c3ccccc3c3c4c(c5c6ccccc6n2c5c31)[C@@H](O)NC4. The summed E-state index contributed by atoms with van der Waals surface area (Å²) < 4.78 is 18.1. The van der Waals surface area contributed by atoms with Crippen molar-refractivity contribution in [1.29, 1.82) is 0 Å². The van der Waals surface area contributed by atoms with Gasteiger partial charge in [0, 0.05) is 40.8 Å². The number of rotatable bonds is 1. The molecule has 34 heavy (non-hydrogen) atoms. The number of aromatic nitrogens is 2. The minimum Gasteiger partial charge on any atom is -0.376 e. The van der Waals surface area contributed by atoms with Gasteiger partial charge in [0.1, 0.15) is 18.6 Å². The molecule has 0 spiro atoms. The highest BCUT2D eigenvalue weighted by Crippen LogP contribution is 2.55. The van der Waals surface area contributed by atoms with Crippen molar-refractivity contribution in [2.24, 2.45) is 5.92 Å². The van der Waals surface area contributed by atoms with E-state index in [1.807, 2.05) is 0 Å². The van der Waals surface area contributed by atoms with Crippen molar-refractivity contribution in [2.75, 3.05) is 7.11 Å². The van der Waals surface area contributed by atoms with Crippen molar-refractivity contribution < 1.29 is 14.6 Å². The molecule has 2 N–H and O–H groups in total. The first-order valence-corrected chi connectivity index (χ1v) is 12.2. The van der Waals surface area contributed by atoms with Crippen molar-refractivity contribution in [1.82, 2.24) is 14.5 Å². The molecule has 3 aliphatic heterocycles. The Morgan fingerprint density at radius 2 is 1.74 bits per heavy atom. The van der Waals surface area contributed by atoms with Crippen LogP contribution in [-0.2, 0) is 21.7 Å². The van der Waals surface area contributed by atoms with Gasteiger partial charge < -0.3 is 23.7 Å². The number of para-hydroxylation sites is 2. The van der Waals surface area contributed by atoms with Gasteiger partial charge in [-0.3, -0.25) is 5.32 Å². The summed E-state index contributed by atoms with van der Waals surface area (Å²) >= 11 is 0. The zero-order chi connectivity index (χ0) is 22.9. The van der Waals surface area contributed by atoms with Crippen molar-refractivity contribution in [3.05, 3.63) is 59.7 Å². The molecule has 0 amide bonds. The fourth-order valence-corrected chi connectivity index (χ4v) is 7.52. The Morgan fingerprint density at radius 3 is 2.50 bits per heavy atom. The monoisotopic (exact) mass is 453 g/mol. The van der Waals surface area contributed by atoms with E-state index < -0.39 is 12.0 Å². The second kappa shape index (κ2) is 6.20. The van der Waals surface area contributed by atoms with Crippen LogP contribution in [0.2, 0.25) is 0 Å². The Balaban J connectivity index is 1.74. The number of aliphatic hydroxyl groups excluding tert-OH is 1. The van der Waals surface area contributed by atoms with Crippen LogP contribution < -0.4 is 5.32 Å². The minimum absolute atomic E-state index is 0.0920. The van der Waals surface area contributed by atoms with E-state index in [0.717, 1.165) is 33.9 Å². The van der Waals surface area contributed by atoms with Gasteiger partial charge in [-0.15, -0.1) is 0 Å². The Kier molecular flexibility index (Phi) is 3.54. The summed E-state index contributed by atoms with van der Waals surface area (Å²) in [6, 6.07) is 17.2. The van der Waals surface area contributed by atoms with E-state index in [1.165, 1.54) is 27.2 Å². The van der Waals surface area contributed by atoms with Crippen molar-refractivity contribution >= 4 is 43.6 Å². The van der Waals surface area contributed by atoms with E-state index in [9.17, 15) is 5.11 Å². The summed E-state index contributed by atoms with van der Waals surface area (Å²) in [7, 11) is 1.80. The van der Waals surface area contributed by atoms with Crippen LogP contribution in [0.4, 0.5) is 0 Å². The first-order valence-electron chi connectivity index (χ1n) is 12.2. The van der Waals surface area contributed by atoms with Gasteiger partial charge >= 0.3 is 0 Å². The summed E-state index contributed by atoms with van der Waals surface area (Å²) in [6.45, 7) is 5.11. The quantitative estimate of drug-likeness (QED) is 0.364. The molecule has 0 aliphatic carbocycles. The lowest BCUT2D eigenvalue weighted by Gasteiger charge is -2.47. The number of benzene rings is 3. The number of hydrogen-bond acceptors (Lipinski definition) is 4. The highest BCUT2D eigenvalue weighted by atomic mass is 16.6. The summed E-state index contributed by atoms with van der Waals surface area (Å²) in [5.41, 5.74) is 6.16. The molecule has 3 aliphatic rings. The summed E-state index contributed by atoms with van der Waals surface area (Å²) in [6.07, 6.45) is -0.0410. The predicted octanol–water partition coefficient (Wildman–Crippen LogP) is 5.25. The maximum absolute atomic E-state index is 11.2. The van der Waals surface area contributed by atoms with E-state index in [-0.39, 0.29) is 12.3 Å². The number of hydrogen-bond donors (Lipinski definition) is 2. The molecule has 0 saturated carbocycles. The molecule has 0 unspecified atom stereocenters. The zero-order valence-corrected chi connectivity index (χ0v) is 19.5. The molecular weight excluding hydrogens is 426 g/mol. The lowest BCUT2D eigenvalue weighted by molar-refractivity contribution is -0.264. The maximum atomic E-state index is 11.2. The van der Waals surface area contributed by atoms with Gasteiger partial charge in [0.2, 0.25) is 0 Å². The molecule has 1 fully saturated rings. The Hall–Kier alpha value is -2.90. The largest absolute Gasteiger partial charge is 0.376 e. The van der Waals surface area contributed by atoms with E-state index >= 15 is 0 Å². The van der Waals surface area contributed by atoms with E-state index in [1.54, 1.807) is 7.11 Å². The molecule has 8 rings (SSSR count). The Morgan fingerprint density at radius 1 is 1.03 bits per heavy atom. The van der Waals surface area contributed by atoms with Crippen LogP contribution in [0, 0.1) is 5.92 Å². The molecule has 0 radical (unpaired) electrons. The number of ether oxygens (including phenoxy) is 2. The summed E-state index contributed by atoms with van der Waals surface area (Å²) in [5, 5.41) is 19.2. The van der Waals surface area contributed by atoms with Crippen molar-refractivity contribution in [3.63, 3.8) is 0 Å². The van der Waals surface area contributed by atoms with E-state index in [0.29, 0.717) is 12.5 Å². The molecule has 3 aromatic carbocycles. The second-order valence-electron chi connectivity index (χ2n) is 10.4. The third kappa shape index (κ3) is 2.00. The predicted molar refractivity (Wildman–Crippen MR) is 133 cm³/mol. The van der Waals surface area contributed by atoms with Crippen LogP contribution in [0.5, 0.6) is 0 Å². The third-order valence-corrected chi connectivity index (χ3v) is 8.63. The van der Waals surface area contributed by atoms with Gasteiger partial charge in [-0.25, -0.2) is 0 Å². The number of nitrogens with zero attached hydrogens (tertiary/aromatic N) is 2. The van der Waals surface area contributed by atoms with Crippen LogP contribution >= 0.6 is 0 Å². The van der Waals surface area contributed by atoms with Crippen LogP contribution in [0.3, 0.4) is 0 Å². The minimum atomic E-state index is -0.689. The molecule has 6 nitrogen and oxygen atoms in total. The van der Waals surface area contributed by atoms with Gasteiger partial charge in [0.05, 0.1) is 22.1 Å². The molecule has 1 saturated heterocycles. The number of methoxy groups -OCH3 is 1. The molecule has 2 aromatic heterocycles. The maximum Gasteiger partial charge on any atom is 0.171 e. The van der Waals surface area contributed by atoms with Crippen LogP contribution in [0.25, 0.3) is 43.6 Å². The molecule has 172 valence electrons. The lowest BCUT2D eigenvalue weighted by atomic mass is 9.88. The zero-order valence-electron chi connectivity index (χ0n) is 19.5. The van der Waals surface area contributed by atoms with Crippen LogP contribution in [-0.4, -0.2) is 27.5 Å². The summed E-state index contributed by atoms with van der Waals surface area (Å²) in [4.78, 5) is 0. The van der Waals surface area contributed by atoms with Gasteiger partial charge in [-0.05, 0) is 37.0 Å². The van der Waals surface area contributed by atoms with Gasteiger partial charge in [0.25, 0.3) is 0 Å². The van der Waals surface area contributed by atoms with Gasteiger partial charge in [-0.1, -0.05) is 43.3 Å². The van der Waals surface area contributed by atoms with Crippen molar-refractivity contribution in [3.8, 4) is 0 Å². The van der Waals surface area contributed by atoms with Crippen molar-refractivity contribution in [2.45, 2.75) is 51.1 Å². The average molecular weight is 454 g/mol. The van der Waals surface area contributed by atoms with Crippen LogP contribution in [0.1, 0.15) is 43.9 Å². The first-order chi connectivity index (χ1) is 16.5. The topological polar surface area (TPSA) is 60.6 Å². The molecule has 6 heteroatoms. The molecule has 5 heterocycles. The molecule has 2 bridgehead atoms. The Labute approximate surface area is 196 Å². The summed E-state index contributed by atoms with van der Waals surface area (Å²) in [5.74, 6) is 0.301. The third-order valence-electron chi connectivity index (χ3n) is 8.63. The first kappa shape index (κ1) is 19.4. The standard InChI is InChI=1S/C28H27N3O3/c1-14-12-20-30-18-10-6-4-8-15(18)22-23-17(13-29-27(23)32)21-16-9-5-7-11-19(16)31(25(21)24(22)30)28(2,34-20)26(14)33-3/h4-11,14,20,26-27,29,32H,12-13H2,1-3H3/t14-,20-,26-,27+,28+/m0/s1. The Bertz CT molecular complexity index is 1680. The lowest BCUT2D eigenvalue weighted by Crippen LogP contribution is -2.53. The number of aliphatic hydroxyl groups is 1. The fourth-order valence-electron chi connectivity index (χ4n) is 7.52.